The summed E-state index contributed by atoms with van der Waals surface area (Å²) in [4.78, 5) is 28.3. The van der Waals surface area contributed by atoms with Gasteiger partial charge in [-0.1, -0.05) is 18.2 Å². The largest absolute Gasteiger partial charge is 0.394 e. The Morgan fingerprint density at radius 3 is 2.75 bits per heavy atom. The van der Waals surface area contributed by atoms with Crippen molar-refractivity contribution in [2.75, 3.05) is 11.9 Å². The van der Waals surface area contributed by atoms with E-state index in [9.17, 15) is 14.7 Å². The molecule has 124 valence electrons. The highest BCUT2D eigenvalue weighted by Gasteiger charge is 2.56. The van der Waals surface area contributed by atoms with Crippen molar-refractivity contribution in [3.8, 4) is 0 Å². The van der Waals surface area contributed by atoms with Crippen LogP contribution in [0.4, 0.5) is 5.82 Å². The van der Waals surface area contributed by atoms with Crippen molar-refractivity contribution < 1.29 is 14.6 Å². The van der Waals surface area contributed by atoms with Crippen molar-refractivity contribution in [2.45, 2.75) is 18.8 Å². The lowest BCUT2D eigenvalue weighted by Crippen LogP contribution is -2.30. The Labute approximate surface area is 137 Å². The van der Waals surface area contributed by atoms with E-state index in [-0.39, 0.29) is 36.6 Å². The highest BCUT2D eigenvalue weighted by molar-refractivity contribution is 6.03. The number of anilines is 1. The molecular formula is C17H17N3O4. The third kappa shape index (κ3) is 2.61. The van der Waals surface area contributed by atoms with Crippen LogP contribution in [0.5, 0.6) is 0 Å². The van der Waals surface area contributed by atoms with Gasteiger partial charge in [-0.15, -0.1) is 0 Å². The second kappa shape index (κ2) is 5.85. The van der Waals surface area contributed by atoms with E-state index in [2.05, 4.69) is 10.3 Å². The first-order valence-corrected chi connectivity index (χ1v) is 7.89. The van der Waals surface area contributed by atoms with E-state index in [1.807, 2.05) is 6.07 Å². The molecule has 24 heavy (non-hydrogen) atoms. The molecule has 1 aromatic carbocycles. The Bertz CT molecular complexity index is 820. The Morgan fingerprint density at radius 1 is 1.29 bits per heavy atom. The van der Waals surface area contributed by atoms with Crippen LogP contribution >= 0.6 is 0 Å². The van der Waals surface area contributed by atoms with Crippen LogP contribution in [0.3, 0.4) is 0 Å². The van der Waals surface area contributed by atoms with Crippen LogP contribution in [-0.4, -0.2) is 33.3 Å². The fraction of sp³-hybridized carbons (Fsp3) is 0.353. The quantitative estimate of drug-likeness (QED) is 0.874. The van der Waals surface area contributed by atoms with Gasteiger partial charge in [0.1, 0.15) is 12.0 Å². The average Bonchev–Trinajstić information content (AvgIpc) is 3.31. The van der Waals surface area contributed by atoms with E-state index in [1.165, 1.54) is 4.57 Å². The lowest BCUT2D eigenvalue weighted by atomic mass is 10.2. The van der Waals surface area contributed by atoms with Gasteiger partial charge in [0.05, 0.1) is 12.7 Å². The van der Waals surface area contributed by atoms with Gasteiger partial charge >= 0.3 is 5.69 Å². The van der Waals surface area contributed by atoms with Gasteiger partial charge in [-0.25, -0.2) is 4.79 Å². The number of rotatable bonds is 4. The number of carbonyl (C=O) groups excluding carboxylic acids is 1. The number of nitrogens with zero attached hydrogens (tertiary/aromatic N) is 2. The Kier molecular flexibility index (Phi) is 3.66. The van der Waals surface area contributed by atoms with Crippen molar-refractivity contribution in [1.82, 2.24) is 9.55 Å². The zero-order chi connectivity index (χ0) is 16.7. The van der Waals surface area contributed by atoms with E-state index in [4.69, 9.17) is 4.74 Å². The summed E-state index contributed by atoms with van der Waals surface area (Å²) in [5.41, 5.74) is 0.0179. The van der Waals surface area contributed by atoms with Crippen LogP contribution in [0.2, 0.25) is 0 Å². The predicted molar refractivity (Wildman–Crippen MR) is 85.5 cm³/mol. The maximum Gasteiger partial charge on any atom is 0.351 e. The van der Waals surface area contributed by atoms with Gasteiger partial charge in [-0.3, -0.25) is 9.36 Å². The maximum atomic E-state index is 12.3. The zero-order valence-corrected chi connectivity index (χ0v) is 12.8. The zero-order valence-electron chi connectivity index (χ0n) is 12.8. The number of amides is 1. The van der Waals surface area contributed by atoms with Crippen molar-refractivity contribution in [3.05, 3.63) is 58.6 Å². The summed E-state index contributed by atoms with van der Waals surface area (Å²) in [6.45, 7) is -0.0366. The molecule has 1 aliphatic carbocycles. The number of ether oxygens (including phenoxy) is 1. The summed E-state index contributed by atoms with van der Waals surface area (Å²) in [6.07, 6.45) is 1.94. The van der Waals surface area contributed by atoms with E-state index in [1.54, 1.807) is 36.5 Å². The molecular weight excluding hydrogens is 310 g/mol. The van der Waals surface area contributed by atoms with E-state index in [0.717, 1.165) is 6.42 Å². The van der Waals surface area contributed by atoms with E-state index in [0.29, 0.717) is 11.5 Å². The van der Waals surface area contributed by atoms with Gasteiger partial charge in [0, 0.05) is 17.7 Å². The highest BCUT2D eigenvalue weighted by atomic mass is 16.5. The summed E-state index contributed by atoms with van der Waals surface area (Å²) in [5.74, 6) is 0.463. The summed E-state index contributed by atoms with van der Waals surface area (Å²) in [7, 11) is 0. The van der Waals surface area contributed by atoms with Gasteiger partial charge in [-0.05, 0) is 30.5 Å². The van der Waals surface area contributed by atoms with Gasteiger partial charge in [-0.2, -0.15) is 4.98 Å². The molecule has 2 aromatic rings. The molecule has 2 fully saturated rings. The van der Waals surface area contributed by atoms with Crippen LogP contribution in [0, 0.1) is 11.8 Å². The number of aliphatic hydroxyl groups excluding tert-OH is 1. The minimum Gasteiger partial charge on any atom is -0.394 e. The Hall–Kier alpha value is -2.51. The molecule has 1 saturated carbocycles. The molecule has 1 aliphatic heterocycles. The summed E-state index contributed by atoms with van der Waals surface area (Å²) >= 11 is 0. The summed E-state index contributed by atoms with van der Waals surface area (Å²) in [6, 6.07) is 10.3. The minimum absolute atomic E-state index is 0.0366. The number of nitrogens with one attached hydrogen (secondary N) is 1. The third-order valence-electron chi connectivity index (χ3n) is 4.61. The van der Waals surface area contributed by atoms with Crippen molar-refractivity contribution in [3.63, 3.8) is 0 Å². The van der Waals surface area contributed by atoms with Crippen LogP contribution in [0.15, 0.2) is 47.4 Å². The Morgan fingerprint density at radius 2 is 2.08 bits per heavy atom. The van der Waals surface area contributed by atoms with Crippen molar-refractivity contribution >= 4 is 11.7 Å². The molecule has 1 amide bonds. The molecule has 0 bridgehead atoms. The number of aliphatic hydroxyl groups is 1. The summed E-state index contributed by atoms with van der Waals surface area (Å²) < 4.78 is 7.14. The first-order valence-electron chi connectivity index (χ1n) is 7.89. The third-order valence-corrected chi connectivity index (χ3v) is 4.61. The van der Waals surface area contributed by atoms with E-state index >= 15 is 0 Å². The normalized spacial score (nSPS) is 27.5. The molecule has 2 aliphatic rings. The standard InChI is InChI=1S/C17H17N3O4/c21-9-13-11-8-12(11)16(24-13)20-7-6-14(19-17(20)23)18-15(22)10-4-2-1-3-5-10/h1-7,11-13,16,21H,8-9H2,(H,18,19,22,23)/t11-,12+,13-,16-/m1/s1. The molecule has 7 heteroatoms. The molecule has 0 spiro atoms. The van der Waals surface area contributed by atoms with Gasteiger partial charge in [0.25, 0.3) is 5.91 Å². The minimum atomic E-state index is -0.477. The van der Waals surface area contributed by atoms with E-state index < -0.39 is 5.69 Å². The first kappa shape index (κ1) is 15.0. The number of aromatic nitrogens is 2. The number of fused-ring (bicyclic) bond motifs is 1. The molecule has 0 unspecified atom stereocenters. The molecule has 1 saturated heterocycles. The molecule has 2 N–H and O–H groups in total. The molecule has 7 nitrogen and oxygen atoms in total. The number of hydrogen-bond acceptors (Lipinski definition) is 5. The SMILES string of the molecule is O=C(Nc1ccn([C@@H]2O[C@H](CO)[C@@H]3C[C@@H]32)c(=O)n1)c1ccccc1. The average molecular weight is 327 g/mol. The van der Waals surface area contributed by atoms with Crippen LogP contribution in [-0.2, 0) is 4.74 Å². The van der Waals surface area contributed by atoms with Crippen LogP contribution in [0.1, 0.15) is 23.0 Å². The van der Waals surface area contributed by atoms with Gasteiger partial charge in [0.15, 0.2) is 0 Å². The molecule has 2 heterocycles. The van der Waals surface area contributed by atoms with Crippen LogP contribution in [0.25, 0.3) is 0 Å². The first-order chi connectivity index (χ1) is 11.7. The number of hydrogen-bond donors (Lipinski definition) is 2. The topological polar surface area (TPSA) is 93.5 Å². The Balaban J connectivity index is 1.51. The number of benzene rings is 1. The second-order valence-electron chi connectivity index (χ2n) is 6.13. The monoisotopic (exact) mass is 327 g/mol. The van der Waals surface area contributed by atoms with Gasteiger partial charge < -0.3 is 15.2 Å². The predicted octanol–water partition coefficient (Wildman–Crippen LogP) is 1.02. The number of carbonyl (C=O) groups is 1. The lowest BCUT2D eigenvalue weighted by molar-refractivity contribution is -0.0516. The van der Waals surface area contributed by atoms with Crippen molar-refractivity contribution in [1.29, 1.82) is 0 Å². The van der Waals surface area contributed by atoms with Gasteiger partial charge in [0.2, 0.25) is 0 Å². The fourth-order valence-corrected chi connectivity index (χ4v) is 3.28. The maximum absolute atomic E-state index is 12.3. The highest BCUT2D eigenvalue weighted by Crippen LogP contribution is 2.56. The second-order valence-corrected chi connectivity index (χ2v) is 6.13. The van der Waals surface area contributed by atoms with Crippen LogP contribution < -0.4 is 11.0 Å². The van der Waals surface area contributed by atoms with Crippen molar-refractivity contribution in [2.24, 2.45) is 11.8 Å². The lowest BCUT2D eigenvalue weighted by Gasteiger charge is -2.18. The fourth-order valence-electron chi connectivity index (χ4n) is 3.28. The molecule has 1 aromatic heterocycles. The molecule has 0 radical (unpaired) electrons. The smallest absolute Gasteiger partial charge is 0.351 e. The summed E-state index contributed by atoms with van der Waals surface area (Å²) in [5, 5.41) is 11.9. The molecule has 4 atom stereocenters. The molecule has 4 rings (SSSR count).